The molecule has 1 rings (SSSR count). The molecule has 0 amide bonds. The van der Waals surface area contributed by atoms with Gasteiger partial charge in [0.2, 0.25) is 0 Å². The topological polar surface area (TPSA) is 12.9 Å². The first-order valence-electron chi connectivity index (χ1n) is 2.27. The molecule has 0 aromatic carbocycles. The molecule has 0 bridgehead atoms. The van der Waals surface area contributed by atoms with Gasteiger partial charge in [-0.25, -0.2) is 0 Å². The number of rotatable bonds is 0. The Morgan fingerprint density at radius 2 is 2.12 bits per heavy atom. The van der Waals surface area contributed by atoms with Crippen LogP contribution in [0.4, 0.5) is 0 Å². The molecule has 0 atom stereocenters. The maximum atomic E-state index is 3.98. The molecule has 40 valence electrons. The van der Waals surface area contributed by atoms with Crippen molar-refractivity contribution < 1.29 is 0 Å². The van der Waals surface area contributed by atoms with Crippen LogP contribution in [0.25, 0.3) is 0 Å². The second-order valence-electron chi connectivity index (χ2n) is 1.47. The standard InChI is InChI=1S/C6H7N.Sn/c1-6-4-2-3-5-7-6;/h2-5H,1H3;. The van der Waals surface area contributed by atoms with Crippen molar-refractivity contribution in [1.82, 2.24) is 4.98 Å². The van der Waals surface area contributed by atoms with E-state index < -0.39 is 0 Å². The van der Waals surface area contributed by atoms with Crippen molar-refractivity contribution >= 4 is 23.9 Å². The first-order valence-corrected chi connectivity index (χ1v) is 2.27. The molecule has 1 aromatic rings. The number of hydrogen-bond acceptors (Lipinski definition) is 1. The molecule has 1 heterocycles. The van der Waals surface area contributed by atoms with Crippen LogP contribution in [0.5, 0.6) is 0 Å². The zero-order chi connectivity index (χ0) is 5.11. The molecular weight excluding hydrogens is 205 g/mol. The van der Waals surface area contributed by atoms with Gasteiger partial charge < -0.3 is 0 Å². The SMILES string of the molecule is Cc1ccccn1.[Sn]. The summed E-state index contributed by atoms with van der Waals surface area (Å²) in [4.78, 5) is 3.98. The number of hydrogen-bond donors (Lipinski definition) is 0. The van der Waals surface area contributed by atoms with Gasteiger partial charge in [0.05, 0.1) is 0 Å². The van der Waals surface area contributed by atoms with Crippen LogP contribution in [0.1, 0.15) is 5.69 Å². The zero-order valence-electron chi connectivity index (χ0n) is 4.76. The monoisotopic (exact) mass is 213 g/mol. The van der Waals surface area contributed by atoms with Crippen LogP contribution in [-0.2, 0) is 0 Å². The molecule has 0 unspecified atom stereocenters. The summed E-state index contributed by atoms with van der Waals surface area (Å²) in [5.74, 6) is 0. The van der Waals surface area contributed by atoms with Gasteiger partial charge in [-0.2, -0.15) is 0 Å². The maximum Gasteiger partial charge on any atom is 0.0372 e. The van der Waals surface area contributed by atoms with E-state index in [1.54, 1.807) is 6.20 Å². The molecule has 0 aliphatic carbocycles. The largest absolute Gasteiger partial charge is 0.262 e. The van der Waals surface area contributed by atoms with E-state index in [0.717, 1.165) is 5.69 Å². The summed E-state index contributed by atoms with van der Waals surface area (Å²) in [6, 6.07) is 5.86. The number of aryl methyl sites for hydroxylation is 1. The molecule has 1 aromatic heterocycles. The maximum absolute atomic E-state index is 3.98. The van der Waals surface area contributed by atoms with Crippen LogP contribution >= 0.6 is 0 Å². The predicted molar refractivity (Wildman–Crippen MR) is 34.7 cm³/mol. The van der Waals surface area contributed by atoms with Gasteiger partial charge >= 0.3 is 0 Å². The molecule has 0 saturated heterocycles. The van der Waals surface area contributed by atoms with Crippen molar-refractivity contribution in [2.75, 3.05) is 0 Å². The van der Waals surface area contributed by atoms with Gasteiger partial charge in [-0.15, -0.1) is 0 Å². The Balaban J connectivity index is 0.000000490. The fourth-order valence-electron chi connectivity index (χ4n) is 0.448. The van der Waals surface area contributed by atoms with E-state index in [9.17, 15) is 0 Å². The van der Waals surface area contributed by atoms with Gasteiger partial charge in [-0.3, -0.25) is 4.98 Å². The average molecular weight is 212 g/mol. The van der Waals surface area contributed by atoms with Gasteiger partial charge in [0, 0.05) is 35.8 Å². The van der Waals surface area contributed by atoms with Crippen LogP contribution in [-0.4, -0.2) is 28.9 Å². The quantitative estimate of drug-likeness (QED) is 0.584. The van der Waals surface area contributed by atoms with Gasteiger partial charge in [-0.05, 0) is 19.1 Å². The van der Waals surface area contributed by atoms with Crippen molar-refractivity contribution in [3.8, 4) is 0 Å². The Hall–Kier alpha value is -0.0513. The van der Waals surface area contributed by atoms with E-state index in [1.807, 2.05) is 25.1 Å². The molecule has 8 heavy (non-hydrogen) atoms. The van der Waals surface area contributed by atoms with Crippen LogP contribution in [0.15, 0.2) is 24.4 Å². The molecule has 0 N–H and O–H groups in total. The minimum absolute atomic E-state index is 0. The third-order valence-electron chi connectivity index (χ3n) is 0.813. The number of nitrogens with zero attached hydrogens (tertiary/aromatic N) is 1. The molecule has 0 saturated carbocycles. The fraction of sp³-hybridized carbons (Fsp3) is 0.167. The van der Waals surface area contributed by atoms with Crippen molar-refractivity contribution in [3.05, 3.63) is 30.1 Å². The Bertz CT molecular complexity index is 138. The summed E-state index contributed by atoms with van der Waals surface area (Å²) >= 11 is 0. The Morgan fingerprint density at radius 1 is 1.38 bits per heavy atom. The van der Waals surface area contributed by atoms with Gasteiger partial charge in [0.15, 0.2) is 0 Å². The number of aromatic nitrogens is 1. The fourth-order valence-corrected chi connectivity index (χ4v) is 0.448. The van der Waals surface area contributed by atoms with Crippen LogP contribution < -0.4 is 0 Å². The summed E-state index contributed by atoms with van der Waals surface area (Å²) < 4.78 is 0. The second kappa shape index (κ2) is 3.89. The Kier molecular flexibility index (Phi) is 3.87. The molecule has 0 aliphatic rings. The molecule has 4 radical (unpaired) electrons. The van der Waals surface area contributed by atoms with Gasteiger partial charge in [0.25, 0.3) is 0 Å². The minimum Gasteiger partial charge on any atom is -0.262 e. The summed E-state index contributed by atoms with van der Waals surface area (Å²) in [6.07, 6.45) is 1.79. The van der Waals surface area contributed by atoms with Crippen LogP contribution in [0, 0.1) is 6.92 Å². The molecule has 0 spiro atoms. The summed E-state index contributed by atoms with van der Waals surface area (Å²) in [7, 11) is 0. The van der Waals surface area contributed by atoms with E-state index in [-0.39, 0.29) is 23.9 Å². The Labute approximate surface area is 66.1 Å². The van der Waals surface area contributed by atoms with Crippen molar-refractivity contribution in [2.24, 2.45) is 0 Å². The first kappa shape index (κ1) is 7.95. The first-order chi connectivity index (χ1) is 3.39. The van der Waals surface area contributed by atoms with Crippen molar-refractivity contribution in [2.45, 2.75) is 6.92 Å². The van der Waals surface area contributed by atoms with Crippen molar-refractivity contribution in [3.63, 3.8) is 0 Å². The number of pyridine rings is 1. The average Bonchev–Trinajstić information content (AvgIpc) is 1.69. The van der Waals surface area contributed by atoms with E-state index in [1.165, 1.54) is 0 Å². The van der Waals surface area contributed by atoms with E-state index in [0.29, 0.717) is 0 Å². The second-order valence-corrected chi connectivity index (χ2v) is 1.47. The molecule has 1 nitrogen and oxygen atoms in total. The van der Waals surface area contributed by atoms with E-state index in [2.05, 4.69) is 4.98 Å². The minimum atomic E-state index is 0. The third-order valence-corrected chi connectivity index (χ3v) is 0.813. The van der Waals surface area contributed by atoms with E-state index in [4.69, 9.17) is 0 Å². The molecule has 0 aliphatic heterocycles. The normalized spacial score (nSPS) is 7.62. The van der Waals surface area contributed by atoms with Gasteiger partial charge in [0.1, 0.15) is 0 Å². The molecule has 0 fully saturated rings. The Morgan fingerprint density at radius 3 is 2.38 bits per heavy atom. The molecular formula is C6H7NSn. The van der Waals surface area contributed by atoms with E-state index >= 15 is 0 Å². The summed E-state index contributed by atoms with van der Waals surface area (Å²) in [6.45, 7) is 1.97. The zero-order valence-corrected chi connectivity index (χ0v) is 7.61. The predicted octanol–water partition coefficient (Wildman–Crippen LogP) is 1.01. The van der Waals surface area contributed by atoms with Crippen LogP contribution in [0.3, 0.4) is 0 Å². The third kappa shape index (κ3) is 2.31. The summed E-state index contributed by atoms with van der Waals surface area (Å²) in [5.41, 5.74) is 1.07. The van der Waals surface area contributed by atoms with Crippen molar-refractivity contribution in [1.29, 1.82) is 0 Å². The summed E-state index contributed by atoms with van der Waals surface area (Å²) in [5, 5.41) is 0. The molecule has 2 heteroatoms. The smallest absolute Gasteiger partial charge is 0.0372 e. The van der Waals surface area contributed by atoms with Crippen LogP contribution in [0.2, 0.25) is 0 Å². The van der Waals surface area contributed by atoms with Gasteiger partial charge in [-0.1, -0.05) is 6.07 Å².